The van der Waals surface area contributed by atoms with Gasteiger partial charge in [-0.1, -0.05) is 0 Å². The Morgan fingerprint density at radius 2 is 1.15 bits per heavy atom. The molecule has 4 rings (SSSR count). The van der Waals surface area contributed by atoms with Gasteiger partial charge in [-0.3, -0.25) is 0 Å². The lowest BCUT2D eigenvalue weighted by atomic mass is 10.1. The summed E-state index contributed by atoms with van der Waals surface area (Å²) in [6.45, 7) is 0. The van der Waals surface area contributed by atoms with Crippen molar-refractivity contribution in [2.24, 2.45) is 0 Å². The summed E-state index contributed by atoms with van der Waals surface area (Å²) in [5.41, 5.74) is 5.85. The van der Waals surface area contributed by atoms with E-state index in [1.165, 1.54) is 31.7 Å². The highest BCUT2D eigenvalue weighted by atomic mass is 32.1. The van der Waals surface area contributed by atoms with Crippen LogP contribution in [0.15, 0.2) is 44.4 Å². The van der Waals surface area contributed by atoms with Crippen LogP contribution in [0.3, 0.4) is 0 Å². The predicted molar refractivity (Wildman–Crippen MR) is 94.0 cm³/mol. The van der Waals surface area contributed by atoms with E-state index in [1.54, 1.807) is 22.7 Å². The molecule has 0 amide bonds. The first-order chi connectivity index (χ1) is 9.90. The molecule has 0 N–H and O–H groups in total. The predicted octanol–water partition coefficient (Wildman–Crippen LogP) is 6.27. The molecule has 4 heterocycles. The van der Waals surface area contributed by atoms with Gasteiger partial charge in [-0.2, -0.15) is 22.7 Å². The Labute approximate surface area is 134 Å². The summed E-state index contributed by atoms with van der Waals surface area (Å²) in [5, 5.41) is 13.5. The van der Waals surface area contributed by atoms with E-state index in [-0.39, 0.29) is 0 Å². The summed E-state index contributed by atoms with van der Waals surface area (Å²) < 4.78 is 2.98. The van der Waals surface area contributed by atoms with Gasteiger partial charge < -0.3 is 0 Å². The summed E-state index contributed by atoms with van der Waals surface area (Å²) in [5.74, 6) is 0. The third kappa shape index (κ3) is 2.37. The first-order valence-electron chi connectivity index (χ1n) is 6.39. The maximum atomic E-state index is 2.34. The van der Waals surface area contributed by atoms with Crippen molar-refractivity contribution in [3.05, 3.63) is 66.7 Å². The van der Waals surface area contributed by atoms with Crippen LogP contribution in [0, 0.1) is 0 Å². The van der Waals surface area contributed by atoms with Gasteiger partial charge in [-0.25, -0.2) is 0 Å². The highest BCUT2D eigenvalue weighted by Gasteiger charge is 2.12. The molecule has 0 aliphatic carbocycles. The minimum Gasteiger partial charge on any atom is -0.152 e. The van der Waals surface area contributed by atoms with Crippen molar-refractivity contribution >= 4 is 54.7 Å². The summed E-state index contributed by atoms with van der Waals surface area (Å²) >= 11 is 7.38. The second-order valence-corrected chi connectivity index (χ2v) is 8.12. The highest BCUT2D eigenvalue weighted by molar-refractivity contribution is 7.26. The first-order valence-corrected chi connectivity index (χ1v) is 10.0. The summed E-state index contributed by atoms with van der Waals surface area (Å²) in [6.07, 6.45) is 2.14. The Morgan fingerprint density at radius 1 is 0.650 bits per heavy atom. The molecular weight excluding hydrogens is 320 g/mol. The second-order valence-electron chi connectivity index (χ2n) is 4.80. The molecule has 0 saturated carbocycles. The Bertz CT molecular complexity index is 730. The van der Waals surface area contributed by atoms with Crippen LogP contribution in [0.5, 0.6) is 0 Å². The highest BCUT2D eigenvalue weighted by Crippen LogP contribution is 2.37. The van der Waals surface area contributed by atoms with Gasteiger partial charge in [0.1, 0.15) is 0 Å². The van der Waals surface area contributed by atoms with E-state index < -0.39 is 0 Å². The maximum Gasteiger partial charge on any atom is 0.0488 e. The monoisotopic (exact) mass is 332 g/mol. The molecule has 0 aromatic carbocycles. The van der Waals surface area contributed by atoms with Gasteiger partial charge in [-0.15, -0.1) is 22.7 Å². The van der Waals surface area contributed by atoms with Crippen molar-refractivity contribution in [2.75, 3.05) is 0 Å². The third-order valence-corrected chi connectivity index (χ3v) is 7.18. The van der Waals surface area contributed by atoms with E-state index in [1.807, 2.05) is 22.7 Å². The Balaban J connectivity index is 1.67. The summed E-state index contributed by atoms with van der Waals surface area (Å²) in [6, 6.07) is 4.46. The van der Waals surface area contributed by atoms with Gasteiger partial charge in [0.2, 0.25) is 0 Å². The van der Waals surface area contributed by atoms with Gasteiger partial charge in [0, 0.05) is 22.2 Å². The van der Waals surface area contributed by atoms with Gasteiger partial charge in [-0.05, 0) is 66.7 Å². The van der Waals surface area contributed by atoms with Crippen molar-refractivity contribution in [3.63, 3.8) is 0 Å². The second kappa shape index (κ2) is 5.45. The minimum absolute atomic E-state index is 1.07. The zero-order chi connectivity index (χ0) is 13.4. The summed E-state index contributed by atoms with van der Waals surface area (Å²) in [4.78, 5) is 0. The first kappa shape index (κ1) is 12.8. The number of rotatable bonds is 4. The van der Waals surface area contributed by atoms with Crippen molar-refractivity contribution in [1.82, 2.24) is 0 Å². The largest absolute Gasteiger partial charge is 0.152 e. The van der Waals surface area contributed by atoms with Gasteiger partial charge in [0.05, 0.1) is 0 Å². The lowest BCUT2D eigenvalue weighted by Crippen LogP contribution is -1.82. The van der Waals surface area contributed by atoms with E-state index in [9.17, 15) is 0 Å². The normalized spacial score (nSPS) is 11.4. The zero-order valence-corrected chi connectivity index (χ0v) is 13.9. The molecule has 4 aromatic heterocycles. The van der Waals surface area contributed by atoms with Gasteiger partial charge in [0.15, 0.2) is 0 Å². The standard InChI is InChI=1S/C16H12S4/c1-3-17-7-11(1)5-13-9-19-16-14(10-20-15(13)16)6-12-2-4-18-8-12/h1-4,7-10H,5-6H2. The van der Waals surface area contributed by atoms with Crippen LogP contribution in [0.25, 0.3) is 9.40 Å². The van der Waals surface area contributed by atoms with E-state index in [4.69, 9.17) is 0 Å². The SMILES string of the molecule is c1cc(Cc2csc3c(Cc4ccsc4)csc23)cs1. The van der Waals surface area contributed by atoms with Crippen LogP contribution >= 0.6 is 45.3 Å². The molecule has 0 spiro atoms. The lowest BCUT2D eigenvalue weighted by molar-refractivity contribution is 1.25. The fourth-order valence-corrected chi connectivity index (χ4v) is 6.13. The van der Waals surface area contributed by atoms with Crippen LogP contribution < -0.4 is 0 Å². The van der Waals surface area contributed by atoms with Gasteiger partial charge >= 0.3 is 0 Å². The van der Waals surface area contributed by atoms with Gasteiger partial charge in [0.25, 0.3) is 0 Å². The molecule has 0 aliphatic heterocycles. The van der Waals surface area contributed by atoms with E-state index >= 15 is 0 Å². The molecule has 0 aliphatic rings. The van der Waals surface area contributed by atoms with Crippen LogP contribution in [0.4, 0.5) is 0 Å². The number of thiophene rings is 4. The van der Waals surface area contributed by atoms with Crippen molar-refractivity contribution < 1.29 is 0 Å². The molecule has 4 heteroatoms. The summed E-state index contributed by atoms with van der Waals surface area (Å²) in [7, 11) is 0. The minimum atomic E-state index is 1.07. The topological polar surface area (TPSA) is 0 Å². The zero-order valence-electron chi connectivity index (χ0n) is 10.7. The molecule has 0 fully saturated rings. The maximum absolute atomic E-state index is 2.34. The average Bonchev–Trinajstić information content (AvgIpc) is 3.20. The fourth-order valence-electron chi connectivity index (χ4n) is 2.39. The lowest BCUT2D eigenvalue weighted by Gasteiger charge is -1.94. The molecule has 0 saturated heterocycles. The van der Waals surface area contributed by atoms with E-state index in [0.29, 0.717) is 0 Å². The number of hydrogen-bond acceptors (Lipinski definition) is 4. The molecule has 20 heavy (non-hydrogen) atoms. The average molecular weight is 333 g/mol. The molecule has 0 atom stereocenters. The molecule has 100 valence electrons. The van der Waals surface area contributed by atoms with Crippen LogP contribution in [-0.4, -0.2) is 0 Å². The Kier molecular flexibility index (Phi) is 3.48. The van der Waals surface area contributed by atoms with Crippen molar-refractivity contribution in [3.8, 4) is 0 Å². The molecule has 0 radical (unpaired) electrons. The third-order valence-electron chi connectivity index (χ3n) is 3.38. The van der Waals surface area contributed by atoms with Crippen LogP contribution in [0.1, 0.15) is 22.3 Å². The molecule has 0 nitrogen and oxygen atoms in total. The van der Waals surface area contributed by atoms with Crippen LogP contribution in [0.2, 0.25) is 0 Å². The Hall–Kier alpha value is -0.940. The number of fused-ring (bicyclic) bond motifs is 1. The van der Waals surface area contributed by atoms with E-state index in [0.717, 1.165) is 12.8 Å². The quantitative estimate of drug-likeness (QED) is 0.413. The van der Waals surface area contributed by atoms with Crippen LogP contribution in [-0.2, 0) is 12.8 Å². The van der Waals surface area contributed by atoms with Crippen molar-refractivity contribution in [1.29, 1.82) is 0 Å². The molecule has 0 bridgehead atoms. The fraction of sp³-hybridized carbons (Fsp3) is 0.125. The molecule has 0 unspecified atom stereocenters. The smallest absolute Gasteiger partial charge is 0.0488 e. The van der Waals surface area contributed by atoms with E-state index in [2.05, 4.69) is 44.4 Å². The number of hydrogen-bond donors (Lipinski definition) is 0. The Morgan fingerprint density at radius 3 is 1.55 bits per heavy atom. The van der Waals surface area contributed by atoms with Crippen molar-refractivity contribution in [2.45, 2.75) is 12.8 Å². The molecular formula is C16H12S4. The molecule has 4 aromatic rings.